The molecule has 2 amide bonds. The highest BCUT2D eigenvalue weighted by molar-refractivity contribution is 8.13. The van der Waals surface area contributed by atoms with E-state index in [4.69, 9.17) is 15.8 Å². The standard InChI is InChI=1S/C13H17ClN2O4S/c1-2-10-11(4-3-5-12(10)21(14,19)20)16-7-6-15(8-9-17)13(16)18/h3-5,17H,2,6-9H2,1H3. The van der Waals surface area contributed by atoms with Crippen LogP contribution < -0.4 is 4.90 Å². The van der Waals surface area contributed by atoms with Crippen LogP contribution in [0.1, 0.15) is 12.5 Å². The molecule has 1 aromatic rings. The summed E-state index contributed by atoms with van der Waals surface area (Å²) in [6.45, 7) is 2.94. The Bertz CT molecular complexity index is 648. The van der Waals surface area contributed by atoms with Gasteiger partial charge in [0.05, 0.1) is 17.2 Å². The zero-order valence-corrected chi connectivity index (χ0v) is 13.2. The molecule has 116 valence electrons. The summed E-state index contributed by atoms with van der Waals surface area (Å²) in [6.07, 6.45) is 0.446. The van der Waals surface area contributed by atoms with E-state index in [1.165, 1.54) is 15.9 Å². The third-order valence-corrected chi connectivity index (χ3v) is 4.89. The highest BCUT2D eigenvalue weighted by Gasteiger charge is 2.31. The summed E-state index contributed by atoms with van der Waals surface area (Å²) in [4.78, 5) is 15.4. The zero-order valence-electron chi connectivity index (χ0n) is 11.6. The van der Waals surface area contributed by atoms with E-state index in [1.807, 2.05) is 6.92 Å². The van der Waals surface area contributed by atoms with Crippen LogP contribution in [-0.4, -0.2) is 50.7 Å². The Morgan fingerprint density at radius 1 is 1.33 bits per heavy atom. The number of urea groups is 1. The number of β-amino-alcohol motifs (C(OH)–C–C–N with tert-alkyl or cyclic N) is 1. The Balaban J connectivity index is 2.44. The largest absolute Gasteiger partial charge is 0.395 e. The Kier molecular flexibility index (Phi) is 4.75. The Morgan fingerprint density at radius 3 is 2.62 bits per heavy atom. The predicted octanol–water partition coefficient (Wildman–Crippen LogP) is 1.41. The van der Waals surface area contributed by atoms with Crippen molar-refractivity contribution in [1.82, 2.24) is 4.90 Å². The first-order chi connectivity index (χ1) is 9.90. The van der Waals surface area contributed by atoms with Gasteiger partial charge in [-0.3, -0.25) is 4.90 Å². The van der Waals surface area contributed by atoms with E-state index in [1.54, 1.807) is 12.1 Å². The summed E-state index contributed by atoms with van der Waals surface area (Å²) >= 11 is 0. The van der Waals surface area contributed by atoms with Gasteiger partial charge < -0.3 is 10.0 Å². The van der Waals surface area contributed by atoms with Gasteiger partial charge in [0, 0.05) is 30.3 Å². The van der Waals surface area contributed by atoms with Crippen LogP contribution in [0, 0.1) is 0 Å². The number of aliphatic hydroxyl groups excluding tert-OH is 1. The van der Waals surface area contributed by atoms with Crippen molar-refractivity contribution in [3.63, 3.8) is 0 Å². The summed E-state index contributed by atoms with van der Waals surface area (Å²) in [7, 11) is 1.60. The summed E-state index contributed by atoms with van der Waals surface area (Å²) in [5.41, 5.74) is 1.09. The van der Waals surface area contributed by atoms with Gasteiger partial charge in [0.2, 0.25) is 0 Å². The van der Waals surface area contributed by atoms with Gasteiger partial charge in [0.15, 0.2) is 0 Å². The van der Waals surface area contributed by atoms with E-state index in [-0.39, 0.29) is 24.1 Å². The minimum absolute atomic E-state index is 0.0394. The fraction of sp³-hybridized carbons (Fsp3) is 0.462. The summed E-state index contributed by atoms with van der Waals surface area (Å²) < 4.78 is 23.3. The lowest BCUT2D eigenvalue weighted by atomic mass is 10.1. The highest BCUT2D eigenvalue weighted by atomic mass is 35.7. The van der Waals surface area contributed by atoms with Gasteiger partial charge in [-0.05, 0) is 24.1 Å². The molecule has 6 nitrogen and oxygen atoms in total. The lowest BCUT2D eigenvalue weighted by Gasteiger charge is -2.21. The molecule has 1 fully saturated rings. The molecule has 0 saturated carbocycles. The van der Waals surface area contributed by atoms with Gasteiger partial charge >= 0.3 is 6.03 Å². The molecule has 2 rings (SSSR count). The molecule has 0 bridgehead atoms. The number of rotatable bonds is 5. The molecule has 1 aromatic carbocycles. The van der Waals surface area contributed by atoms with Crippen LogP contribution in [0.2, 0.25) is 0 Å². The number of halogens is 1. The summed E-state index contributed by atoms with van der Waals surface area (Å²) in [5, 5.41) is 8.94. The minimum Gasteiger partial charge on any atom is -0.395 e. The van der Waals surface area contributed by atoms with Gasteiger partial charge in [0.1, 0.15) is 0 Å². The molecular weight excluding hydrogens is 316 g/mol. The third kappa shape index (κ3) is 3.14. The van der Waals surface area contributed by atoms with E-state index >= 15 is 0 Å². The first kappa shape index (κ1) is 16.1. The molecule has 0 aromatic heterocycles. The summed E-state index contributed by atoms with van der Waals surface area (Å²) in [5.74, 6) is 0. The quantitative estimate of drug-likeness (QED) is 0.827. The number of anilines is 1. The van der Waals surface area contributed by atoms with E-state index in [2.05, 4.69) is 0 Å². The van der Waals surface area contributed by atoms with Gasteiger partial charge in [-0.2, -0.15) is 0 Å². The van der Waals surface area contributed by atoms with Crippen molar-refractivity contribution in [3.05, 3.63) is 23.8 Å². The fourth-order valence-electron chi connectivity index (χ4n) is 2.53. The van der Waals surface area contributed by atoms with Gasteiger partial charge in [-0.25, -0.2) is 13.2 Å². The summed E-state index contributed by atoms with van der Waals surface area (Å²) in [6, 6.07) is 4.50. The molecule has 0 spiro atoms. The molecule has 0 unspecified atom stereocenters. The fourth-order valence-corrected chi connectivity index (χ4v) is 3.74. The van der Waals surface area contributed by atoms with E-state index < -0.39 is 9.05 Å². The molecular formula is C13H17ClN2O4S. The second-order valence-corrected chi connectivity index (χ2v) is 7.22. The molecule has 21 heavy (non-hydrogen) atoms. The molecule has 1 aliphatic heterocycles. The second-order valence-electron chi connectivity index (χ2n) is 4.69. The van der Waals surface area contributed by atoms with Crippen molar-refractivity contribution in [2.45, 2.75) is 18.2 Å². The monoisotopic (exact) mass is 332 g/mol. The number of hydrogen-bond donors (Lipinski definition) is 1. The average molecular weight is 333 g/mol. The molecule has 1 aliphatic rings. The van der Waals surface area contributed by atoms with Crippen LogP contribution in [0.15, 0.2) is 23.1 Å². The van der Waals surface area contributed by atoms with Gasteiger partial charge in [-0.15, -0.1) is 0 Å². The van der Waals surface area contributed by atoms with E-state index in [0.717, 1.165) is 0 Å². The van der Waals surface area contributed by atoms with Crippen molar-refractivity contribution in [2.24, 2.45) is 0 Å². The van der Waals surface area contributed by atoms with Crippen molar-refractivity contribution in [1.29, 1.82) is 0 Å². The molecule has 1 saturated heterocycles. The number of aliphatic hydroxyl groups is 1. The number of hydrogen-bond acceptors (Lipinski definition) is 4. The highest BCUT2D eigenvalue weighted by Crippen LogP contribution is 2.31. The van der Waals surface area contributed by atoms with E-state index in [9.17, 15) is 13.2 Å². The molecule has 1 N–H and O–H groups in total. The zero-order chi connectivity index (χ0) is 15.6. The Morgan fingerprint density at radius 2 is 2.05 bits per heavy atom. The Labute approximate surface area is 128 Å². The SMILES string of the molecule is CCc1c(N2CCN(CCO)C2=O)cccc1S(=O)(=O)Cl. The topological polar surface area (TPSA) is 77.9 Å². The Hall–Kier alpha value is -1.31. The molecule has 8 heteroatoms. The van der Waals surface area contributed by atoms with Crippen LogP contribution in [-0.2, 0) is 15.5 Å². The molecule has 0 aliphatic carbocycles. The number of nitrogens with zero attached hydrogens (tertiary/aromatic N) is 2. The van der Waals surface area contributed by atoms with Crippen molar-refractivity contribution in [2.75, 3.05) is 31.1 Å². The molecule has 0 radical (unpaired) electrons. The van der Waals surface area contributed by atoms with Crippen LogP contribution in [0.25, 0.3) is 0 Å². The van der Waals surface area contributed by atoms with Crippen molar-refractivity contribution >= 4 is 31.5 Å². The van der Waals surface area contributed by atoms with Crippen LogP contribution >= 0.6 is 10.7 Å². The second kappa shape index (κ2) is 6.21. The first-order valence-electron chi connectivity index (χ1n) is 6.64. The maximum Gasteiger partial charge on any atom is 0.324 e. The van der Waals surface area contributed by atoms with Gasteiger partial charge in [-0.1, -0.05) is 13.0 Å². The molecule has 0 atom stereocenters. The maximum atomic E-state index is 12.3. The van der Waals surface area contributed by atoms with Crippen LogP contribution in [0.4, 0.5) is 10.5 Å². The van der Waals surface area contributed by atoms with Crippen LogP contribution in [0.3, 0.4) is 0 Å². The van der Waals surface area contributed by atoms with Crippen molar-refractivity contribution in [3.8, 4) is 0 Å². The molecule has 1 heterocycles. The normalized spacial score (nSPS) is 15.9. The lowest BCUT2D eigenvalue weighted by molar-refractivity contribution is 0.199. The smallest absolute Gasteiger partial charge is 0.324 e. The predicted molar refractivity (Wildman–Crippen MR) is 80.3 cm³/mol. The number of carbonyl (C=O) groups is 1. The number of amides is 2. The third-order valence-electron chi connectivity index (χ3n) is 3.48. The van der Waals surface area contributed by atoms with Crippen molar-refractivity contribution < 1.29 is 18.3 Å². The van der Waals surface area contributed by atoms with Gasteiger partial charge in [0.25, 0.3) is 9.05 Å². The minimum atomic E-state index is -3.86. The maximum absolute atomic E-state index is 12.3. The first-order valence-corrected chi connectivity index (χ1v) is 8.95. The number of carbonyl (C=O) groups excluding carboxylic acids is 1. The number of benzene rings is 1. The average Bonchev–Trinajstić information content (AvgIpc) is 2.79. The lowest BCUT2D eigenvalue weighted by Crippen LogP contribution is -2.34. The van der Waals surface area contributed by atoms with E-state index in [0.29, 0.717) is 30.8 Å². The van der Waals surface area contributed by atoms with Crippen LogP contribution in [0.5, 0.6) is 0 Å².